The van der Waals surface area contributed by atoms with E-state index in [9.17, 15) is 0 Å². The van der Waals surface area contributed by atoms with Gasteiger partial charge in [0.1, 0.15) is 0 Å². The van der Waals surface area contributed by atoms with Crippen LogP contribution in [0, 0.1) is 0 Å². The second-order valence-electron chi connectivity index (χ2n) is 17.0. The summed E-state index contributed by atoms with van der Waals surface area (Å²) in [5.41, 5.74) is 15.9. The number of nitrogens with zero attached hydrogens (tertiary/aromatic N) is 2. The van der Waals surface area contributed by atoms with Crippen molar-refractivity contribution in [2.75, 3.05) is 0 Å². The Labute approximate surface area is 395 Å². The van der Waals surface area contributed by atoms with E-state index in [0.717, 1.165) is 22.3 Å². The normalized spacial score (nSPS) is 11.6. The summed E-state index contributed by atoms with van der Waals surface area (Å²) in [6.45, 7) is 0. The van der Waals surface area contributed by atoms with Gasteiger partial charge in [0, 0.05) is 62.6 Å². The Morgan fingerprint density at radius 1 is 0.254 bits per heavy atom. The quantitative estimate of drug-likeness (QED) is 0.153. The third-order valence-corrected chi connectivity index (χ3v) is 15.3. The lowest BCUT2D eigenvalue weighted by atomic mass is 9.94. The highest BCUT2D eigenvalue weighted by molar-refractivity contribution is 7.26. The van der Waals surface area contributed by atoms with Crippen LogP contribution in [-0.2, 0) is 0 Å². The van der Waals surface area contributed by atoms with Crippen molar-refractivity contribution >= 4 is 63.0 Å². The number of fused-ring (bicyclic) bond motifs is 6. The molecule has 5 heteroatoms. The zero-order valence-electron chi connectivity index (χ0n) is 36.1. The lowest BCUT2D eigenvalue weighted by Crippen LogP contribution is -1.85. The van der Waals surface area contributed by atoms with Gasteiger partial charge in [0.05, 0.1) is 0 Å². The number of hydrogen-bond acceptors (Lipinski definition) is 5. The van der Waals surface area contributed by atoms with E-state index in [1.54, 1.807) is 0 Å². The van der Waals surface area contributed by atoms with Gasteiger partial charge in [0.25, 0.3) is 0 Å². The average Bonchev–Trinajstić information content (AvgIpc) is 4.15. The molecular formula is C62H38N2OS2. The standard InChI is InChI=1S/C62H38N2OS2/c1-5-15-39(16-6-1)43-27-29-57-53(33-43)55-37-49(41-19-9-3-10-20-41)35-51(59(55)66-57)45-23-13-25-47(31-45)61-63-64-62(65-61)48-26-14-24-46(32-48)52-36-50(42-21-11-4-12-22-42)38-56-54-34-44(40-17-7-2-8-18-40)28-30-58(54)67-60(52)56/h1-38H. The van der Waals surface area contributed by atoms with Crippen LogP contribution >= 0.6 is 22.7 Å². The van der Waals surface area contributed by atoms with Crippen molar-refractivity contribution in [1.82, 2.24) is 10.2 Å². The largest absolute Gasteiger partial charge is 0.416 e. The van der Waals surface area contributed by atoms with E-state index in [2.05, 4.69) is 241 Å². The van der Waals surface area contributed by atoms with Crippen molar-refractivity contribution in [1.29, 1.82) is 0 Å². The van der Waals surface area contributed by atoms with E-state index < -0.39 is 0 Å². The van der Waals surface area contributed by atoms with Gasteiger partial charge in [-0.25, -0.2) is 0 Å². The smallest absolute Gasteiger partial charge is 0.248 e. The number of thiophene rings is 2. The van der Waals surface area contributed by atoms with Gasteiger partial charge in [-0.3, -0.25) is 0 Å². The first kappa shape index (κ1) is 39.2. The van der Waals surface area contributed by atoms with Gasteiger partial charge in [0.15, 0.2) is 0 Å². The Balaban J connectivity index is 0.893. The van der Waals surface area contributed by atoms with Gasteiger partial charge in [-0.15, -0.1) is 32.9 Å². The van der Waals surface area contributed by atoms with E-state index in [-0.39, 0.29) is 0 Å². The van der Waals surface area contributed by atoms with Crippen molar-refractivity contribution < 1.29 is 4.42 Å². The predicted octanol–water partition coefficient (Wildman–Crippen LogP) is 18.1. The molecule has 10 aromatic carbocycles. The Morgan fingerprint density at radius 3 is 1.00 bits per heavy atom. The molecule has 0 aliphatic carbocycles. The number of aromatic nitrogens is 2. The van der Waals surface area contributed by atoms with E-state index >= 15 is 0 Å². The molecule has 13 rings (SSSR count). The van der Waals surface area contributed by atoms with Gasteiger partial charge < -0.3 is 4.42 Å². The van der Waals surface area contributed by atoms with Gasteiger partial charge >= 0.3 is 0 Å². The molecule has 3 aromatic heterocycles. The summed E-state index contributed by atoms with van der Waals surface area (Å²) in [6.07, 6.45) is 0. The van der Waals surface area contributed by atoms with E-state index in [0.29, 0.717) is 11.8 Å². The maximum absolute atomic E-state index is 6.59. The molecule has 13 aromatic rings. The first-order valence-corrected chi connectivity index (χ1v) is 24.1. The monoisotopic (exact) mass is 890 g/mol. The highest BCUT2D eigenvalue weighted by Gasteiger charge is 2.19. The second-order valence-corrected chi connectivity index (χ2v) is 19.1. The van der Waals surface area contributed by atoms with Crippen molar-refractivity contribution in [2.45, 2.75) is 0 Å². The van der Waals surface area contributed by atoms with Crippen molar-refractivity contribution in [3.63, 3.8) is 0 Å². The van der Waals surface area contributed by atoms with Gasteiger partial charge in [0.2, 0.25) is 11.8 Å². The first-order valence-electron chi connectivity index (χ1n) is 22.4. The summed E-state index contributed by atoms with van der Waals surface area (Å²) in [4.78, 5) is 0. The number of hydrogen-bond donors (Lipinski definition) is 0. The van der Waals surface area contributed by atoms with Crippen LogP contribution in [0.2, 0.25) is 0 Å². The molecule has 0 unspecified atom stereocenters. The molecule has 314 valence electrons. The molecular weight excluding hydrogens is 853 g/mol. The van der Waals surface area contributed by atoms with Gasteiger partial charge in [-0.1, -0.05) is 158 Å². The molecule has 0 N–H and O–H groups in total. The minimum absolute atomic E-state index is 0.480. The SMILES string of the molecule is c1ccc(-c2ccc3sc4c(-c5cccc(-c6nnc(-c7cccc(-c8cc(-c9ccccc9)cc9c8sc8ccc(-c%10ccccc%10)cc89)c7)o6)c5)cc(-c5ccccc5)cc4c3c2)cc1. The molecule has 0 radical (unpaired) electrons. The summed E-state index contributed by atoms with van der Waals surface area (Å²) >= 11 is 3.69. The fraction of sp³-hybridized carbons (Fsp3) is 0. The molecule has 0 spiro atoms. The predicted molar refractivity (Wildman–Crippen MR) is 284 cm³/mol. The molecule has 0 fully saturated rings. The third-order valence-electron chi connectivity index (χ3n) is 12.8. The van der Waals surface area contributed by atoms with Crippen molar-refractivity contribution in [3.05, 3.63) is 231 Å². The van der Waals surface area contributed by atoms with E-state index in [4.69, 9.17) is 4.42 Å². The average molecular weight is 891 g/mol. The summed E-state index contributed by atoms with van der Waals surface area (Å²) in [5, 5.41) is 14.3. The van der Waals surface area contributed by atoms with Crippen LogP contribution in [0.25, 0.3) is 130 Å². The number of benzene rings is 10. The molecule has 0 atom stereocenters. The zero-order valence-corrected chi connectivity index (χ0v) is 37.7. The summed E-state index contributed by atoms with van der Waals surface area (Å²) < 4.78 is 11.6. The molecule has 0 bridgehead atoms. The molecule has 3 nitrogen and oxygen atoms in total. The number of rotatable bonds is 8. The zero-order chi connectivity index (χ0) is 44.3. The van der Waals surface area contributed by atoms with Gasteiger partial charge in [-0.05, 0) is 128 Å². The van der Waals surface area contributed by atoms with E-state index in [1.807, 2.05) is 22.7 Å². The Morgan fingerprint density at radius 2 is 0.597 bits per heavy atom. The highest BCUT2D eigenvalue weighted by atomic mass is 32.1. The maximum atomic E-state index is 6.59. The lowest BCUT2D eigenvalue weighted by molar-refractivity contribution is 0.584. The summed E-state index contributed by atoms with van der Waals surface area (Å²) in [5.74, 6) is 0.961. The highest BCUT2D eigenvalue weighted by Crippen LogP contribution is 2.46. The Kier molecular flexibility index (Phi) is 9.55. The molecule has 0 saturated carbocycles. The maximum Gasteiger partial charge on any atom is 0.248 e. The van der Waals surface area contributed by atoms with Crippen LogP contribution in [0.3, 0.4) is 0 Å². The van der Waals surface area contributed by atoms with Crippen LogP contribution < -0.4 is 0 Å². The van der Waals surface area contributed by atoms with Crippen molar-refractivity contribution in [2.24, 2.45) is 0 Å². The molecule has 3 heterocycles. The Bertz CT molecular complexity index is 3710. The fourth-order valence-electron chi connectivity index (χ4n) is 9.50. The summed E-state index contributed by atoms with van der Waals surface area (Å²) in [7, 11) is 0. The second kappa shape index (κ2) is 16.3. The fourth-order valence-corrected chi connectivity index (χ4v) is 11.9. The third kappa shape index (κ3) is 7.13. The molecule has 67 heavy (non-hydrogen) atoms. The van der Waals surface area contributed by atoms with Gasteiger partial charge in [-0.2, -0.15) is 0 Å². The molecule has 0 aliphatic heterocycles. The van der Waals surface area contributed by atoms with Crippen LogP contribution in [-0.4, -0.2) is 10.2 Å². The molecule has 0 amide bonds. The topological polar surface area (TPSA) is 38.9 Å². The lowest BCUT2D eigenvalue weighted by Gasteiger charge is -2.10. The first-order chi connectivity index (χ1) is 33.2. The van der Waals surface area contributed by atoms with Crippen molar-refractivity contribution in [3.8, 4) is 89.7 Å². The Hall–Kier alpha value is -8.22. The van der Waals surface area contributed by atoms with Crippen LogP contribution in [0.4, 0.5) is 0 Å². The summed E-state index contributed by atoms with van der Waals surface area (Å²) in [6, 6.07) is 82.7. The van der Waals surface area contributed by atoms with Crippen LogP contribution in [0.1, 0.15) is 0 Å². The van der Waals surface area contributed by atoms with E-state index in [1.165, 1.54) is 96.0 Å². The molecule has 0 saturated heterocycles. The van der Waals surface area contributed by atoms with Crippen LogP contribution in [0.15, 0.2) is 235 Å². The molecule has 0 aliphatic rings. The minimum Gasteiger partial charge on any atom is -0.416 e. The minimum atomic E-state index is 0.480. The van der Waals surface area contributed by atoms with Crippen LogP contribution in [0.5, 0.6) is 0 Å².